The number of amides is 2. The van der Waals surface area contributed by atoms with Crippen LogP contribution in [-0.4, -0.2) is 64.2 Å². The van der Waals surface area contributed by atoms with E-state index < -0.39 is 0 Å². The first-order chi connectivity index (χ1) is 12.0. The molecule has 138 valence electrons. The molecule has 7 nitrogen and oxygen atoms in total. The van der Waals surface area contributed by atoms with Crippen LogP contribution in [0.15, 0.2) is 24.3 Å². The van der Waals surface area contributed by atoms with Crippen LogP contribution in [0, 0.1) is 0 Å². The number of hydrogen-bond acceptors (Lipinski definition) is 4. The van der Waals surface area contributed by atoms with Gasteiger partial charge in [0.1, 0.15) is 5.75 Å². The lowest BCUT2D eigenvalue weighted by Crippen LogP contribution is -3.16. The first-order valence-electron chi connectivity index (χ1n) is 8.76. The molecule has 7 heteroatoms. The largest absolute Gasteiger partial charge is 0.497 e. The molecule has 0 bridgehead atoms. The minimum Gasteiger partial charge on any atom is -0.497 e. The summed E-state index contributed by atoms with van der Waals surface area (Å²) < 4.78 is 5.18. The number of piperazine rings is 1. The van der Waals surface area contributed by atoms with Crippen molar-refractivity contribution in [1.29, 1.82) is 0 Å². The summed E-state index contributed by atoms with van der Waals surface area (Å²) >= 11 is 0. The van der Waals surface area contributed by atoms with E-state index in [1.165, 1.54) is 10.6 Å². The van der Waals surface area contributed by atoms with Crippen LogP contribution in [0.5, 0.6) is 5.75 Å². The summed E-state index contributed by atoms with van der Waals surface area (Å²) in [5.41, 5.74) is 1.18. The number of ether oxygens (including phenoxy) is 1. The molecule has 1 saturated heterocycles. The van der Waals surface area contributed by atoms with Crippen molar-refractivity contribution in [3.8, 4) is 5.75 Å². The second-order valence-electron chi connectivity index (χ2n) is 6.61. The lowest BCUT2D eigenvalue weighted by atomic mass is 10.2. The Balaban J connectivity index is 1.70. The van der Waals surface area contributed by atoms with Crippen LogP contribution in [0.3, 0.4) is 0 Å². The molecule has 25 heavy (non-hydrogen) atoms. The van der Waals surface area contributed by atoms with Crippen molar-refractivity contribution >= 4 is 17.5 Å². The Morgan fingerprint density at radius 1 is 1.16 bits per heavy atom. The lowest BCUT2D eigenvalue weighted by Gasteiger charge is -2.33. The number of nitrogens with zero attached hydrogens (tertiary/aromatic N) is 1. The Hall–Kier alpha value is -2.28. The highest BCUT2D eigenvalue weighted by Crippen LogP contribution is 2.18. The monoisotopic (exact) mass is 349 g/mol. The van der Waals surface area contributed by atoms with Crippen molar-refractivity contribution < 1.29 is 19.2 Å². The van der Waals surface area contributed by atoms with Crippen molar-refractivity contribution in [3.05, 3.63) is 24.3 Å². The second-order valence-corrected chi connectivity index (χ2v) is 6.61. The van der Waals surface area contributed by atoms with Gasteiger partial charge in [-0.3, -0.25) is 9.59 Å². The van der Waals surface area contributed by atoms with E-state index in [9.17, 15) is 9.59 Å². The van der Waals surface area contributed by atoms with Crippen molar-refractivity contribution in [2.24, 2.45) is 0 Å². The van der Waals surface area contributed by atoms with E-state index in [0.717, 1.165) is 31.9 Å². The fourth-order valence-corrected chi connectivity index (χ4v) is 2.89. The Labute approximate surface area is 149 Å². The van der Waals surface area contributed by atoms with E-state index in [1.54, 1.807) is 7.11 Å². The maximum Gasteiger partial charge on any atom is 0.275 e. The number of benzene rings is 1. The topological polar surface area (TPSA) is 75.1 Å². The third kappa shape index (κ3) is 6.26. The van der Waals surface area contributed by atoms with Gasteiger partial charge in [-0.1, -0.05) is 0 Å². The fourth-order valence-electron chi connectivity index (χ4n) is 2.89. The first-order valence-corrected chi connectivity index (χ1v) is 8.76. The van der Waals surface area contributed by atoms with Crippen LogP contribution in [0.25, 0.3) is 0 Å². The number of quaternary nitrogens is 1. The highest BCUT2D eigenvalue weighted by Gasteiger charge is 2.22. The zero-order valence-corrected chi connectivity index (χ0v) is 15.3. The molecule has 1 fully saturated rings. The average molecular weight is 349 g/mol. The summed E-state index contributed by atoms with van der Waals surface area (Å²) in [6.45, 7) is 7.85. The molecule has 0 spiro atoms. The van der Waals surface area contributed by atoms with E-state index in [1.807, 2.05) is 26.0 Å². The maximum absolute atomic E-state index is 12.0. The smallest absolute Gasteiger partial charge is 0.275 e. The molecule has 0 saturated carbocycles. The normalized spacial score (nSPS) is 15.1. The van der Waals surface area contributed by atoms with E-state index in [4.69, 9.17) is 4.74 Å². The zero-order chi connectivity index (χ0) is 18.2. The van der Waals surface area contributed by atoms with E-state index in [0.29, 0.717) is 6.54 Å². The van der Waals surface area contributed by atoms with Crippen LogP contribution < -0.4 is 25.2 Å². The van der Waals surface area contributed by atoms with Gasteiger partial charge in [-0.15, -0.1) is 0 Å². The van der Waals surface area contributed by atoms with Crippen molar-refractivity contribution in [1.82, 2.24) is 10.6 Å². The molecule has 0 atom stereocenters. The van der Waals surface area contributed by atoms with Crippen molar-refractivity contribution in [2.45, 2.75) is 19.9 Å². The van der Waals surface area contributed by atoms with Gasteiger partial charge in [0.25, 0.3) is 5.91 Å². The van der Waals surface area contributed by atoms with Crippen LogP contribution in [0.2, 0.25) is 0 Å². The highest BCUT2D eigenvalue weighted by atomic mass is 16.5. The molecule has 1 aliphatic heterocycles. The van der Waals surface area contributed by atoms with Crippen LogP contribution >= 0.6 is 0 Å². The molecular formula is C18H29N4O3+. The van der Waals surface area contributed by atoms with Gasteiger partial charge in [-0.05, 0) is 38.1 Å². The molecule has 1 heterocycles. The molecule has 0 aliphatic carbocycles. The Morgan fingerprint density at radius 3 is 2.36 bits per heavy atom. The zero-order valence-electron chi connectivity index (χ0n) is 15.3. The predicted molar refractivity (Wildman–Crippen MR) is 97.1 cm³/mol. The van der Waals surface area contributed by atoms with E-state index >= 15 is 0 Å². The maximum atomic E-state index is 12.0. The average Bonchev–Trinajstić information content (AvgIpc) is 2.60. The molecule has 0 unspecified atom stereocenters. The summed E-state index contributed by atoms with van der Waals surface area (Å²) in [7, 11) is 1.66. The standard InChI is InChI=1S/C18H28N4O3/c1-14(2)20-17(23)12-19-18(24)13-21-8-10-22(11-9-21)15-4-6-16(25-3)7-5-15/h4-7,14H,8-13H2,1-3H3,(H,19,24)(H,20,23)/p+1. The lowest BCUT2D eigenvalue weighted by molar-refractivity contribution is -0.892. The van der Waals surface area contributed by atoms with Crippen molar-refractivity contribution in [2.75, 3.05) is 51.3 Å². The predicted octanol–water partition coefficient (Wildman–Crippen LogP) is -0.959. The molecular weight excluding hydrogens is 320 g/mol. The number of carbonyl (C=O) groups excluding carboxylic acids is 2. The number of carbonyl (C=O) groups is 2. The summed E-state index contributed by atoms with van der Waals surface area (Å²) in [5, 5.41) is 5.45. The molecule has 1 aromatic rings. The number of hydrogen-bond donors (Lipinski definition) is 3. The van der Waals surface area contributed by atoms with E-state index in [-0.39, 0.29) is 24.4 Å². The van der Waals surface area contributed by atoms with Gasteiger partial charge in [0.05, 0.1) is 39.8 Å². The Bertz CT molecular complexity index is 566. The van der Waals surface area contributed by atoms with Gasteiger partial charge in [0.2, 0.25) is 5.91 Å². The molecule has 3 N–H and O–H groups in total. The molecule has 1 aliphatic rings. The summed E-state index contributed by atoms with van der Waals surface area (Å²) in [6, 6.07) is 8.13. The molecule has 2 amide bonds. The van der Waals surface area contributed by atoms with Crippen LogP contribution in [0.4, 0.5) is 5.69 Å². The van der Waals surface area contributed by atoms with Crippen LogP contribution in [-0.2, 0) is 9.59 Å². The second kappa shape index (κ2) is 9.27. The minimum atomic E-state index is -0.150. The third-order valence-corrected chi connectivity index (χ3v) is 4.21. The highest BCUT2D eigenvalue weighted by molar-refractivity contribution is 5.85. The molecule has 0 aromatic heterocycles. The SMILES string of the molecule is COc1ccc(N2CC[NH+](CC(=O)NCC(=O)NC(C)C)CC2)cc1. The van der Waals surface area contributed by atoms with Crippen molar-refractivity contribution in [3.63, 3.8) is 0 Å². The number of nitrogens with one attached hydrogen (secondary N) is 3. The van der Waals surface area contributed by atoms with Gasteiger partial charge in [-0.25, -0.2) is 0 Å². The van der Waals surface area contributed by atoms with Gasteiger partial charge >= 0.3 is 0 Å². The van der Waals surface area contributed by atoms with Gasteiger partial charge in [0.15, 0.2) is 6.54 Å². The fraction of sp³-hybridized carbons (Fsp3) is 0.556. The van der Waals surface area contributed by atoms with E-state index in [2.05, 4.69) is 27.7 Å². The summed E-state index contributed by atoms with van der Waals surface area (Å²) in [6.07, 6.45) is 0. The molecule has 0 radical (unpaired) electrons. The Kier molecular flexibility index (Phi) is 7.06. The van der Waals surface area contributed by atoms with Crippen LogP contribution in [0.1, 0.15) is 13.8 Å². The third-order valence-electron chi connectivity index (χ3n) is 4.21. The minimum absolute atomic E-state index is 0.0439. The summed E-state index contributed by atoms with van der Waals surface area (Å²) in [4.78, 5) is 27.1. The number of rotatable bonds is 7. The number of methoxy groups -OCH3 is 1. The molecule has 1 aromatic carbocycles. The first kappa shape index (κ1) is 19.1. The number of anilines is 1. The van der Waals surface area contributed by atoms with Gasteiger partial charge in [-0.2, -0.15) is 0 Å². The quantitative estimate of drug-likeness (QED) is 0.593. The Morgan fingerprint density at radius 2 is 1.80 bits per heavy atom. The summed E-state index contributed by atoms with van der Waals surface area (Å²) in [5.74, 6) is 0.626. The molecule has 2 rings (SSSR count). The van der Waals surface area contributed by atoms with Gasteiger partial charge < -0.3 is 25.2 Å². The van der Waals surface area contributed by atoms with Gasteiger partial charge in [0, 0.05) is 11.7 Å².